The number of piperazine rings is 1. The lowest BCUT2D eigenvalue weighted by atomic mass is 9.96. The van der Waals surface area contributed by atoms with E-state index >= 15 is 0 Å². The molecule has 0 aliphatic carbocycles. The van der Waals surface area contributed by atoms with Crippen LogP contribution in [0.4, 0.5) is 4.79 Å². The Morgan fingerprint density at radius 3 is 2.48 bits per heavy atom. The van der Waals surface area contributed by atoms with E-state index in [-0.39, 0.29) is 6.09 Å². The van der Waals surface area contributed by atoms with Crippen molar-refractivity contribution in [3.63, 3.8) is 0 Å². The molecule has 0 aromatic heterocycles. The van der Waals surface area contributed by atoms with Gasteiger partial charge in [0.2, 0.25) is 0 Å². The fourth-order valence-electron chi connectivity index (χ4n) is 3.15. The second-order valence-corrected chi connectivity index (χ2v) is 7.46. The van der Waals surface area contributed by atoms with Crippen molar-refractivity contribution in [2.45, 2.75) is 52.2 Å². The van der Waals surface area contributed by atoms with E-state index in [2.05, 4.69) is 17.1 Å². The number of carbonyl (C=O) groups is 1. The van der Waals surface area contributed by atoms with E-state index in [0.717, 1.165) is 38.6 Å². The number of nitrogens with one attached hydrogen (secondary N) is 1. The van der Waals surface area contributed by atoms with E-state index in [1.165, 1.54) is 19.4 Å². The van der Waals surface area contributed by atoms with Crippen LogP contribution in [0.25, 0.3) is 0 Å². The van der Waals surface area contributed by atoms with Crippen molar-refractivity contribution in [2.75, 3.05) is 39.3 Å². The van der Waals surface area contributed by atoms with Gasteiger partial charge in [-0.2, -0.15) is 0 Å². The van der Waals surface area contributed by atoms with Crippen LogP contribution in [0.15, 0.2) is 0 Å². The molecule has 2 aliphatic heterocycles. The molecule has 2 fully saturated rings. The number of rotatable bonds is 2. The Hall–Kier alpha value is -0.810. The van der Waals surface area contributed by atoms with E-state index in [4.69, 9.17) is 4.74 Å². The van der Waals surface area contributed by atoms with E-state index in [1.807, 2.05) is 25.7 Å². The zero-order chi connectivity index (χ0) is 15.5. The Balaban J connectivity index is 1.79. The maximum atomic E-state index is 12.1. The van der Waals surface area contributed by atoms with Gasteiger partial charge in [0.15, 0.2) is 0 Å². The third-order valence-electron chi connectivity index (χ3n) is 4.37. The Bertz CT molecular complexity index is 348. The normalized spacial score (nSPS) is 25.9. The van der Waals surface area contributed by atoms with Gasteiger partial charge in [-0.15, -0.1) is 0 Å². The Morgan fingerprint density at radius 2 is 1.90 bits per heavy atom. The first-order valence-corrected chi connectivity index (χ1v) is 8.28. The fraction of sp³-hybridized carbons (Fsp3) is 0.938. The lowest BCUT2D eigenvalue weighted by molar-refractivity contribution is 0.00294. The number of ether oxygens (including phenoxy) is 1. The Labute approximate surface area is 129 Å². The molecule has 2 rings (SSSR count). The minimum atomic E-state index is -0.410. The summed E-state index contributed by atoms with van der Waals surface area (Å²) in [5, 5.41) is 3.42. The van der Waals surface area contributed by atoms with Crippen LogP contribution in [0.5, 0.6) is 0 Å². The molecular formula is C16H31N3O2. The topological polar surface area (TPSA) is 44.8 Å². The first-order chi connectivity index (χ1) is 9.85. The molecule has 122 valence electrons. The average Bonchev–Trinajstić information content (AvgIpc) is 2.40. The molecule has 1 amide bonds. The van der Waals surface area contributed by atoms with Crippen molar-refractivity contribution in [1.29, 1.82) is 0 Å². The van der Waals surface area contributed by atoms with Gasteiger partial charge in [0, 0.05) is 32.2 Å². The van der Waals surface area contributed by atoms with Gasteiger partial charge in [-0.05, 0) is 59.5 Å². The molecule has 1 N–H and O–H groups in total. The van der Waals surface area contributed by atoms with Crippen molar-refractivity contribution >= 4 is 6.09 Å². The first kappa shape index (κ1) is 16.6. The highest BCUT2D eigenvalue weighted by Crippen LogP contribution is 2.19. The van der Waals surface area contributed by atoms with Crippen molar-refractivity contribution in [3.05, 3.63) is 0 Å². The molecule has 0 aromatic carbocycles. The number of nitrogens with zero attached hydrogens (tertiary/aromatic N) is 2. The first-order valence-electron chi connectivity index (χ1n) is 8.28. The van der Waals surface area contributed by atoms with Gasteiger partial charge < -0.3 is 15.0 Å². The van der Waals surface area contributed by atoms with E-state index < -0.39 is 5.60 Å². The van der Waals surface area contributed by atoms with E-state index in [9.17, 15) is 4.79 Å². The SMILES string of the molecule is C[C@@H]1CN(C(=O)OC(C)(C)C)CCN1CC1CCNCC1. The molecule has 2 aliphatic rings. The standard InChI is InChI=1S/C16H31N3O2/c1-13-11-19(15(20)21-16(2,3)4)10-9-18(13)12-14-5-7-17-8-6-14/h13-14,17H,5-12H2,1-4H3/t13-/m1/s1. The fourth-order valence-corrected chi connectivity index (χ4v) is 3.15. The highest BCUT2D eigenvalue weighted by molar-refractivity contribution is 5.68. The molecule has 0 saturated carbocycles. The van der Waals surface area contributed by atoms with E-state index in [0.29, 0.717) is 6.04 Å². The van der Waals surface area contributed by atoms with Crippen LogP contribution in [-0.2, 0) is 4.74 Å². The predicted octanol–water partition coefficient (Wildman–Crippen LogP) is 1.93. The van der Waals surface area contributed by atoms with Gasteiger partial charge in [0.25, 0.3) is 0 Å². The summed E-state index contributed by atoms with van der Waals surface area (Å²) in [7, 11) is 0. The zero-order valence-corrected chi connectivity index (χ0v) is 14.0. The smallest absolute Gasteiger partial charge is 0.410 e. The summed E-state index contributed by atoms with van der Waals surface area (Å²) in [5.41, 5.74) is -0.410. The molecule has 1 atom stereocenters. The highest BCUT2D eigenvalue weighted by atomic mass is 16.6. The van der Waals surface area contributed by atoms with Crippen LogP contribution >= 0.6 is 0 Å². The summed E-state index contributed by atoms with van der Waals surface area (Å²) < 4.78 is 5.47. The monoisotopic (exact) mass is 297 g/mol. The van der Waals surface area contributed by atoms with Crippen LogP contribution in [-0.4, -0.2) is 66.8 Å². The molecule has 21 heavy (non-hydrogen) atoms. The van der Waals surface area contributed by atoms with Crippen molar-refractivity contribution in [2.24, 2.45) is 5.92 Å². The molecule has 2 heterocycles. The lowest BCUT2D eigenvalue weighted by Gasteiger charge is -2.42. The molecule has 0 radical (unpaired) electrons. The zero-order valence-electron chi connectivity index (χ0n) is 14.0. The van der Waals surface area contributed by atoms with Gasteiger partial charge >= 0.3 is 6.09 Å². The Kier molecular flexibility index (Phi) is 5.49. The molecule has 0 spiro atoms. The van der Waals surface area contributed by atoms with Crippen molar-refractivity contribution in [1.82, 2.24) is 15.1 Å². The third kappa shape index (κ3) is 5.15. The lowest BCUT2D eigenvalue weighted by Crippen LogP contribution is -2.55. The summed E-state index contributed by atoms with van der Waals surface area (Å²) >= 11 is 0. The molecule has 0 aromatic rings. The van der Waals surface area contributed by atoms with Crippen LogP contribution < -0.4 is 5.32 Å². The predicted molar refractivity (Wildman–Crippen MR) is 84.4 cm³/mol. The molecule has 5 heteroatoms. The van der Waals surface area contributed by atoms with Gasteiger partial charge in [-0.3, -0.25) is 4.90 Å². The molecular weight excluding hydrogens is 266 g/mol. The maximum absolute atomic E-state index is 12.1. The summed E-state index contributed by atoms with van der Waals surface area (Å²) in [6, 6.07) is 0.418. The van der Waals surface area contributed by atoms with Gasteiger partial charge in [-0.1, -0.05) is 0 Å². The second kappa shape index (κ2) is 6.97. The number of hydrogen-bond donors (Lipinski definition) is 1. The molecule has 0 unspecified atom stereocenters. The molecule has 2 saturated heterocycles. The number of carbonyl (C=O) groups excluding carboxylic acids is 1. The van der Waals surface area contributed by atoms with Crippen LogP contribution in [0, 0.1) is 5.92 Å². The highest BCUT2D eigenvalue weighted by Gasteiger charge is 2.30. The summed E-state index contributed by atoms with van der Waals surface area (Å²) in [4.78, 5) is 16.5. The summed E-state index contributed by atoms with van der Waals surface area (Å²) in [5.74, 6) is 0.807. The quantitative estimate of drug-likeness (QED) is 0.846. The number of piperidine rings is 1. The number of hydrogen-bond acceptors (Lipinski definition) is 4. The van der Waals surface area contributed by atoms with Gasteiger partial charge in [0.05, 0.1) is 0 Å². The Morgan fingerprint density at radius 1 is 1.24 bits per heavy atom. The average molecular weight is 297 g/mol. The summed E-state index contributed by atoms with van der Waals surface area (Å²) in [6.07, 6.45) is 2.38. The van der Waals surface area contributed by atoms with Crippen LogP contribution in [0.2, 0.25) is 0 Å². The van der Waals surface area contributed by atoms with Crippen LogP contribution in [0.3, 0.4) is 0 Å². The van der Waals surface area contributed by atoms with Crippen molar-refractivity contribution < 1.29 is 9.53 Å². The van der Waals surface area contributed by atoms with Crippen molar-refractivity contribution in [3.8, 4) is 0 Å². The van der Waals surface area contributed by atoms with E-state index in [1.54, 1.807) is 0 Å². The molecule has 5 nitrogen and oxygen atoms in total. The van der Waals surface area contributed by atoms with Crippen LogP contribution in [0.1, 0.15) is 40.5 Å². The maximum Gasteiger partial charge on any atom is 0.410 e. The second-order valence-electron chi connectivity index (χ2n) is 7.46. The summed E-state index contributed by atoms with van der Waals surface area (Å²) in [6.45, 7) is 14.0. The largest absolute Gasteiger partial charge is 0.444 e. The van der Waals surface area contributed by atoms with Gasteiger partial charge in [-0.25, -0.2) is 4.79 Å². The molecule has 0 bridgehead atoms. The minimum absolute atomic E-state index is 0.170. The number of amides is 1. The minimum Gasteiger partial charge on any atom is -0.444 e. The third-order valence-corrected chi connectivity index (χ3v) is 4.37. The van der Waals surface area contributed by atoms with Gasteiger partial charge in [0.1, 0.15) is 5.60 Å².